The molecule has 8 heteroatoms. The van der Waals surface area contributed by atoms with Crippen molar-refractivity contribution >= 4 is 23.4 Å². The van der Waals surface area contributed by atoms with Gasteiger partial charge in [0.05, 0.1) is 42.7 Å². The Bertz CT molecular complexity index is 1450. The Morgan fingerprint density at radius 3 is 2.50 bits per heavy atom. The molecule has 7 nitrogen and oxygen atoms in total. The minimum Gasteiger partial charge on any atom is -0.497 e. The summed E-state index contributed by atoms with van der Waals surface area (Å²) >= 11 is 1.29. The largest absolute Gasteiger partial charge is 0.497 e. The van der Waals surface area contributed by atoms with Crippen LogP contribution < -0.4 is 24.4 Å². The van der Waals surface area contributed by atoms with E-state index in [1.807, 2.05) is 55.5 Å². The number of rotatable bonds is 6. The van der Waals surface area contributed by atoms with Crippen LogP contribution in [0.25, 0.3) is 6.08 Å². The number of carbonyl (C=O) groups excluding carboxylic acids is 1. The molecule has 0 bridgehead atoms. The second-order valence-corrected chi connectivity index (χ2v) is 8.81. The van der Waals surface area contributed by atoms with Crippen molar-refractivity contribution in [3.8, 4) is 11.5 Å². The van der Waals surface area contributed by atoms with Crippen LogP contribution in [0.15, 0.2) is 63.5 Å². The van der Waals surface area contributed by atoms with Gasteiger partial charge in [0, 0.05) is 0 Å². The topological polar surface area (TPSA) is 79.1 Å². The predicted molar refractivity (Wildman–Crippen MR) is 131 cm³/mol. The maximum Gasteiger partial charge on any atom is 0.338 e. The van der Waals surface area contributed by atoms with Crippen LogP contribution in [0.2, 0.25) is 0 Å². The zero-order valence-corrected chi connectivity index (χ0v) is 20.6. The molecule has 0 unspecified atom stereocenters. The van der Waals surface area contributed by atoms with Gasteiger partial charge in [0.15, 0.2) is 4.80 Å². The molecule has 0 spiro atoms. The van der Waals surface area contributed by atoms with Gasteiger partial charge in [-0.1, -0.05) is 35.6 Å². The van der Waals surface area contributed by atoms with Crippen molar-refractivity contribution in [3.63, 3.8) is 0 Å². The molecular weight excluding hydrogens is 452 g/mol. The van der Waals surface area contributed by atoms with Gasteiger partial charge in [-0.05, 0) is 61.7 Å². The monoisotopic (exact) mass is 478 g/mol. The third-order valence-electron chi connectivity index (χ3n) is 5.68. The van der Waals surface area contributed by atoms with Crippen molar-refractivity contribution in [3.05, 3.63) is 90.1 Å². The summed E-state index contributed by atoms with van der Waals surface area (Å²) in [7, 11) is 3.21. The molecule has 0 fully saturated rings. The van der Waals surface area contributed by atoms with E-state index in [-0.39, 0.29) is 12.2 Å². The van der Waals surface area contributed by atoms with Gasteiger partial charge >= 0.3 is 5.97 Å². The molecule has 2 aromatic carbocycles. The van der Waals surface area contributed by atoms with Crippen LogP contribution in [0.1, 0.15) is 36.6 Å². The number of methoxy groups -OCH3 is 2. The fraction of sp³-hybridized carbons (Fsp3) is 0.269. The van der Waals surface area contributed by atoms with Crippen LogP contribution >= 0.6 is 11.3 Å². The van der Waals surface area contributed by atoms with Crippen LogP contribution in [0.3, 0.4) is 0 Å². The Kier molecular flexibility index (Phi) is 6.70. The molecule has 0 aliphatic carbocycles. The summed E-state index contributed by atoms with van der Waals surface area (Å²) in [5.41, 5.74) is 3.28. The molecule has 1 aromatic heterocycles. The third-order valence-corrected chi connectivity index (χ3v) is 6.66. The van der Waals surface area contributed by atoms with Gasteiger partial charge in [0.25, 0.3) is 5.56 Å². The van der Waals surface area contributed by atoms with E-state index in [9.17, 15) is 9.59 Å². The Labute approximate surface area is 201 Å². The fourth-order valence-electron chi connectivity index (χ4n) is 3.97. The predicted octanol–water partition coefficient (Wildman–Crippen LogP) is 3.12. The lowest BCUT2D eigenvalue weighted by molar-refractivity contribution is -0.139. The van der Waals surface area contributed by atoms with E-state index in [1.165, 1.54) is 11.3 Å². The highest BCUT2D eigenvalue weighted by molar-refractivity contribution is 7.07. The summed E-state index contributed by atoms with van der Waals surface area (Å²) in [6, 6.07) is 12.4. The second kappa shape index (κ2) is 9.69. The Hall–Kier alpha value is -3.65. The molecule has 0 radical (unpaired) electrons. The summed E-state index contributed by atoms with van der Waals surface area (Å²) in [6.45, 7) is 5.71. The summed E-state index contributed by atoms with van der Waals surface area (Å²) in [5.74, 6) is 0.947. The second-order valence-electron chi connectivity index (χ2n) is 7.80. The number of aromatic nitrogens is 1. The standard InChI is InChI=1S/C26H26N2O5S/c1-6-33-25(30)22-16(3)27-26-28(23(22)18-9-11-19(31-4)12-10-18)24(29)21(34-26)14-17-8-7-15(2)20(13-17)32-5/h7-14,23H,6H2,1-5H3/b21-14+/t23-/m0/s1. The molecular formula is C26H26N2O5S. The summed E-state index contributed by atoms with van der Waals surface area (Å²) < 4.78 is 18.1. The quantitative estimate of drug-likeness (QED) is 0.509. The van der Waals surface area contributed by atoms with E-state index < -0.39 is 12.0 Å². The molecule has 1 aliphatic heterocycles. The molecule has 0 saturated carbocycles. The molecule has 2 heterocycles. The van der Waals surface area contributed by atoms with E-state index in [0.717, 1.165) is 22.4 Å². The number of thiazole rings is 1. The number of esters is 1. The number of allylic oxidation sites excluding steroid dienone is 1. The minimum atomic E-state index is -0.657. The van der Waals surface area contributed by atoms with Crippen molar-refractivity contribution < 1.29 is 19.0 Å². The molecule has 0 amide bonds. The van der Waals surface area contributed by atoms with Gasteiger partial charge in [0.2, 0.25) is 0 Å². The molecule has 0 N–H and O–H groups in total. The van der Waals surface area contributed by atoms with Crippen molar-refractivity contribution in [1.29, 1.82) is 0 Å². The maximum absolute atomic E-state index is 13.6. The first-order valence-electron chi connectivity index (χ1n) is 10.9. The molecule has 1 atom stereocenters. The average Bonchev–Trinajstić information content (AvgIpc) is 3.13. The molecule has 34 heavy (non-hydrogen) atoms. The zero-order valence-electron chi connectivity index (χ0n) is 19.7. The smallest absolute Gasteiger partial charge is 0.338 e. The Morgan fingerprint density at radius 2 is 1.85 bits per heavy atom. The zero-order chi connectivity index (χ0) is 24.4. The lowest BCUT2D eigenvalue weighted by atomic mass is 9.96. The average molecular weight is 479 g/mol. The summed E-state index contributed by atoms with van der Waals surface area (Å²) in [4.78, 5) is 31.7. The highest BCUT2D eigenvalue weighted by atomic mass is 32.1. The Morgan fingerprint density at radius 1 is 1.12 bits per heavy atom. The number of benzene rings is 2. The van der Waals surface area contributed by atoms with E-state index >= 15 is 0 Å². The number of hydrogen-bond acceptors (Lipinski definition) is 7. The number of ether oxygens (including phenoxy) is 3. The first-order valence-corrected chi connectivity index (χ1v) is 11.7. The van der Waals surface area contributed by atoms with Crippen molar-refractivity contribution in [2.45, 2.75) is 26.8 Å². The fourth-order valence-corrected chi connectivity index (χ4v) is 5.02. The van der Waals surface area contributed by atoms with Crippen LogP contribution in [-0.2, 0) is 9.53 Å². The summed E-state index contributed by atoms with van der Waals surface area (Å²) in [6.07, 6.45) is 1.82. The van der Waals surface area contributed by atoms with Crippen LogP contribution in [0, 0.1) is 6.92 Å². The van der Waals surface area contributed by atoms with Crippen LogP contribution in [-0.4, -0.2) is 31.4 Å². The van der Waals surface area contributed by atoms with Crippen molar-refractivity contribution in [2.24, 2.45) is 4.99 Å². The van der Waals surface area contributed by atoms with Gasteiger partial charge in [-0.15, -0.1) is 0 Å². The number of hydrogen-bond donors (Lipinski definition) is 0. The number of aryl methyl sites for hydroxylation is 1. The van der Waals surface area contributed by atoms with E-state index in [4.69, 9.17) is 14.2 Å². The highest BCUT2D eigenvalue weighted by Gasteiger charge is 2.33. The molecule has 3 aromatic rings. The van der Waals surface area contributed by atoms with E-state index in [0.29, 0.717) is 26.4 Å². The van der Waals surface area contributed by atoms with Crippen LogP contribution in [0.5, 0.6) is 11.5 Å². The number of carbonyl (C=O) groups is 1. The van der Waals surface area contributed by atoms with Gasteiger partial charge in [0.1, 0.15) is 11.5 Å². The Balaban J connectivity index is 1.93. The molecule has 4 rings (SSSR count). The number of fused-ring (bicyclic) bond motifs is 1. The van der Waals surface area contributed by atoms with Crippen molar-refractivity contribution in [2.75, 3.05) is 20.8 Å². The minimum absolute atomic E-state index is 0.224. The number of nitrogens with zero attached hydrogens (tertiary/aromatic N) is 2. The molecule has 0 saturated heterocycles. The van der Waals surface area contributed by atoms with Gasteiger partial charge in [-0.3, -0.25) is 9.36 Å². The van der Waals surface area contributed by atoms with Gasteiger partial charge in [-0.2, -0.15) is 0 Å². The molecule has 176 valence electrons. The maximum atomic E-state index is 13.6. The lowest BCUT2D eigenvalue weighted by Gasteiger charge is -2.24. The van der Waals surface area contributed by atoms with E-state index in [2.05, 4.69) is 4.99 Å². The van der Waals surface area contributed by atoms with E-state index in [1.54, 1.807) is 32.6 Å². The van der Waals surface area contributed by atoms with Crippen molar-refractivity contribution in [1.82, 2.24) is 4.57 Å². The molecule has 1 aliphatic rings. The first kappa shape index (κ1) is 23.5. The SMILES string of the molecule is CCOC(=O)C1=C(C)N=c2s/c(=C/c3ccc(C)c(OC)c3)c(=O)n2[C@H]1c1ccc(OC)cc1. The van der Waals surface area contributed by atoms with Crippen LogP contribution in [0.4, 0.5) is 0 Å². The third kappa shape index (κ3) is 4.28. The normalized spacial score (nSPS) is 15.6. The van der Waals surface area contributed by atoms with Gasteiger partial charge in [-0.25, -0.2) is 9.79 Å². The summed E-state index contributed by atoms with van der Waals surface area (Å²) in [5, 5.41) is 0. The highest BCUT2D eigenvalue weighted by Crippen LogP contribution is 2.31. The lowest BCUT2D eigenvalue weighted by Crippen LogP contribution is -2.39. The van der Waals surface area contributed by atoms with Gasteiger partial charge < -0.3 is 14.2 Å². The first-order chi connectivity index (χ1) is 16.4.